The Morgan fingerprint density at radius 1 is 0.917 bits per heavy atom. The van der Waals surface area contributed by atoms with Gasteiger partial charge >= 0.3 is 0 Å². The summed E-state index contributed by atoms with van der Waals surface area (Å²) in [6, 6.07) is 17.2. The predicted molar refractivity (Wildman–Crippen MR) is 96.9 cm³/mol. The minimum Gasteiger partial charge on any atom is -0.489 e. The average Bonchev–Trinajstić information content (AvgIpc) is 2.64. The summed E-state index contributed by atoms with van der Waals surface area (Å²) < 4.78 is 11.1. The molecule has 128 valence electrons. The van der Waals surface area contributed by atoms with Crippen molar-refractivity contribution in [1.82, 2.24) is 0 Å². The second kappa shape index (κ2) is 10.8. The molecule has 0 saturated heterocycles. The molecular formula is C20H23ClO3. The van der Waals surface area contributed by atoms with Crippen molar-refractivity contribution in [3.05, 3.63) is 65.7 Å². The highest BCUT2D eigenvalue weighted by atomic mass is 35.5. The number of benzene rings is 2. The number of hydrogen-bond donors (Lipinski definition) is 0. The van der Waals surface area contributed by atoms with Gasteiger partial charge in [0.25, 0.3) is 0 Å². The van der Waals surface area contributed by atoms with Crippen molar-refractivity contribution in [3.63, 3.8) is 0 Å². The first-order chi connectivity index (χ1) is 11.8. The van der Waals surface area contributed by atoms with Crippen molar-refractivity contribution in [3.8, 4) is 5.75 Å². The topological polar surface area (TPSA) is 35.5 Å². The molecule has 0 unspecified atom stereocenters. The summed E-state index contributed by atoms with van der Waals surface area (Å²) in [4.78, 5) is 12.0. The van der Waals surface area contributed by atoms with E-state index in [0.717, 1.165) is 30.6 Å². The van der Waals surface area contributed by atoms with Gasteiger partial charge < -0.3 is 9.47 Å². The van der Waals surface area contributed by atoms with Crippen molar-refractivity contribution < 1.29 is 14.3 Å². The van der Waals surface area contributed by atoms with Gasteiger partial charge in [-0.15, -0.1) is 11.6 Å². The number of halogens is 1. The maximum Gasteiger partial charge on any atom is 0.188 e. The Kier molecular flexibility index (Phi) is 8.36. The maximum absolute atomic E-state index is 12.0. The molecule has 0 amide bonds. The monoisotopic (exact) mass is 346 g/mol. The zero-order valence-electron chi connectivity index (χ0n) is 13.7. The first-order valence-corrected chi connectivity index (χ1v) is 8.77. The van der Waals surface area contributed by atoms with Crippen LogP contribution in [0, 0.1) is 0 Å². The van der Waals surface area contributed by atoms with Gasteiger partial charge in [-0.3, -0.25) is 4.79 Å². The lowest BCUT2D eigenvalue weighted by Crippen LogP contribution is -2.10. The summed E-state index contributed by atoms with van der Waals surface area (Å²) in [5.41, 5.74) is 1.75. The van der Waals surface area contributed by atoms with Crippen molar-refractivity contribution in [2.75, 3.05) is 19.1 Å². The molecule has 24 heavy (non-hydrogen) atoms. The Morgan fingerprint density at radius 2 is 1.67 bits per heavy atom. The van der Waals surface area contributed by atoms with E-state index >= 15 is 0 Å². The highest BCUT2D eigenvalue weighted by Crippen LogP contribution is 2.15. The number of Topliss-reactive ketones (excluding diaryl/α,β-unsaturated/α-hetero) is 1. The van der Waals surface area contributed by atoms with Gasteiger partial charge in [0, 0.05) is 18.1 Å². The normalized spacial score (nSPS) is 10.5. The van der Waals surface area contributed by atoms with Crippen molar-refractivity contribution in [2.45, 2.75) is 25.9 Å². The Balaban J connectivity index is 1.71. The average molecular weight is 347 g/mol. The van der Waals surface area contributed by atoms with Crippen molar-refractivity contribution in [1.29, 1.82) is 0 Å². The lowest BCUT2D eigenvalue weighted by molar-refractivity contribution is 0.0753. The van der Waals surface area contributed by atoms with Crippen LogP contribution in [0.4, 0.5) is 0 Å². The molecule has 0 fully saturated rings. The third-order valence-corrected chi connectivity index (χ3v) is 3.85. The van der Waals surface area contributed by atoms with Crippen LogP contribution in [0.5, 0.6) is 5.75 Å². The van der Waals surface area contributed by atoms with E-state index in [1.807, 2.05) is 42.5 Å². The highest BCUT2D eigenvalue weighted by Gasteiger charge is 2.06. The summed E-state index contributed by atoms with van der Waals surface area (Å²) in [7, 11) is 0. The molecule has 0 aromatic heterocycles. The molecule has 2 aromatic rings. The zero-order valence-corrected chi connectivity index (χ0v) is 14.5. The van der Waals surface area contributed by atoms with Crippen molar-refractivity contribution in [2.24, 2.45) is 0 Å². The molecule has 0 saturated carbocycles. The minimum absolute atomic E-state index is 0.0121. The van der Waals surface area contributed by atoms with E-state index in [-0.39, 0.29) is 12.4 Å². The molecule has 2 aromatic carbocycles. The third kappa shape index (κ3) is 6.73. The van der Waals surface area contributed by atoms with Crippen LogP contribution in [0.3, 0.4) is 0 Å². The van der Waals surface area contributed by atoms with E-state index in [9.17, 15) is 4.79 Å². The van der Waals surface area contributed by atoms with Gasteiger partial charge in [0.1, 0.15) is 19.0 Å². The molecule has 4 heteroatoms. The summed E-state index contributed by atoms with van der Waals surface area (Å²) in [5, 5.41) is 0. The van der Waals surface area contributed by atoms with Gasteiger partial charge in [-0.1, -0.05) is 30.3 Å². The molecule has 3 nitrogen and oxygen atoms in total. The van der Waals surface area contributed by atoms with E-state index in [1.165, 1.54) is 0 Å². The van der Waals surface area contributed by atoms with Gasteiger partial charge in [-0.2, -0.15) is 0 Å². The van der Waals surface area contributed by atoms with Crippen LogP contribution in [0.2, 0.25) is 0 Å². The molecule has 0 aliphatic rings. The SMILES string of the molecule is O=C(COCCCCCCl)c1ccc(OCc2ccccc2)cc1. The fourth-order valence-corrected chi connectivity index (χ4v) is 2.39. The summed E-state index contributed by atoms with van der Waals surface area (Å²) in [6.45, 7) is 1.23. The van der Waals surface area contributed by atoms with Gasteiger partial charge in [0.2, 0.25) is 0 Å². The maximum atomic E-state index is 12.0. The molecule has 0 bridgehead atoms. The number of hydrogen-bond acceptors (Lipinski definition) is 3. The summed E-state index contributed by atoms with van der Waals surface area (Å²) >= 11 is 5.61. The fraction of sp³-hybridized carbons (Fsp3) is 0.350. The molecule has 0 aliphatic carbocycles. The Bertz CT molecular complexity index is 596. The first kappa shape index (κ1) is 18.5. The van der Waals surface area contributed by atoms with Crippen molar-refractivity contribution >= 4 is 17.4 Å². The Hall–Kier alpha value is -1.84. The van der Waals surface area contributed by atoms with E-state index in [1.54, 1.807) is 12.1 Å². The van der Waals surface area contributed by atoms with Gasteiger partial charge in [0.05, 0.1) is 0 Å². The van der Waals surface area contributed by atoms with E-state index in [4.69, 9.17) is 21.1 Å². The second-order valence-electron chi connectivity index (χ2n) is 5.52. The number of unbranched alkanes of at least 4 members (excludes halogenated alkanes) is 2. The second-order valence-corrected chi connectivity index (χ2v) is 5.90. The molecule has 0 radical (unpaired) electrons. The van der Waals surface area contributed by atoms with Crippen LogP contribution in [0.25, 0.3) is 0 Å². The highest BCUT2D eigenvalue weighted by molar-refractivity contribution is 6.17. The molecule has 0 spiro atoms. The summed E-state index contributed by atoms with van der Waals surface area (Å²) in [5.74, 6) is 1.41. The molecule has 0 N–H and O–H groups in total. The number of carbonyl (C=O) groups is 1. The Labute approximate surface area is 148 Å². The minimum atomic E-state index is -0.0121. The molecule has 0 aliphatic heterocycles. The van der Waals surface area contributed by atoms with Crippen LogP contribution in [-0.4, -0.2) is 24.9 Å². The van der Waals surface area contributed by atoms with Gasteiger partial charge in [-0.05, 0) is 49.1 Å². The molecule has 2 rings (SSSR count). The number of ketones is 1. The summed E-state index contributed by atoms with van der Waals surface area (Å²) in [6.07, 6.45) is 2.96. The lowest BCUT2D eigenvalue weighted by atomic mass is 10.1. The van der Waals surface area contributed by atoms with E-state index < -0.39 is 0 Å². The van der Waals surface area contributed by atoms with Crippen LogP contribution in [-0.2, 0) is 11.3 Å². The number of alkyl halides is 1. The van der Waals surface area contributed by atoms with E-state index in [2.05, 4.69) is 0 Å². The quantitative estimate of drug-likeness (QED) is 0.330. The lowest BCUT2D eigenvalue weighted by Gasteiger charge is -2.07. The largest absolute Gasteiger partial charge is 0.489 e. The Morgan fingerprint density at radius 3 is 2.38 bits per heavy atom. The van der Waals surface area contributed by atoms with Crippen LogP contribution in [0.15, 0.2) is 54.6 Å². The van der Waals surface area contributed by atoms with E-state index in [0.29, 0.717) is 24.7 Å². The number of ether oxygens (including phenoxy) is 2. The van der Waals surface area contributed by atoms with Crippen LogP contribution in [0.1, 0.15) is 35.2 Å². The predicted octanol–water partition coefficient (Wildman–Crippen LogP) is 4.87. The zero-order chi connectivity index (χ0) is 17.0. The molecule has 0 heterocycles. The van der Waals surface area contributed by atoms with Crippen LogP contribution < -0.4 is 4.74 Å². The standard InChI is InChI=1S/C20H23ClO3/c21-13-5-2-6-14-23-16-20(22)18-9-11-19(12-10-18)24-15-17-7-3-1-4-8-17/h1,3-4,7-12H,2,5-6,13-16H2. The molecular weight excluding hydrogens is 324 g/mol. The van der Waals surface area contributed by atoms with Crippen LogP contribution >= 0.6 is 11.6 Å². The number of rotatable bonds is 11. The fourth-order valence-electron chi connectivity index (χ4n) is 2.20. The van der Waals surface area contributed by atoms with Gasteiger partial charge in [0.15, 0.2) is 5.78 Å². The first-order valence-electron chi connectivity index (χ1n) is 8.23. The number of carbonyl (C=O) groups excluding carboxylic acids is 1. The molecule has 0 atom stereocenters. The third-order valence-electron chi connectivity index (χ3n) is 3.58. The smallest absolute Gasteiger partial charge is 0.188 e. The van der Waals surface area contributed by atoms with Gasteiger partial charge in [-0.25, -0.2) is 0 Å².